The normalized spacial score (nSPS) is 7.67. The van der Waals surface area contributed by atoms with Crippen molar-refractivity contribution in [3.63, 3.8) is 0 Å². The van der Waals surface area contributed by atoms with E-state index in [9.17, 15) is 0 Å². The lowest BCUT2D eigenvalue weighted by atomic mass is 10.1. The molecule has 0 atom stereocenters. The summed E-state index contributed by atoms with van der Waals surface area (Å²) < 4.78 is 0. The van der Waals surface area contributed by atoms with Crippen LogP contribution in [0.2, 0.25) is 0 Å². The van der Waals surface area contributed by atoms with Crippen LogP contribution in [-0.4, -0.2) is 0 Å². The largest absolute Gasteiger partial charge is 0.326 e. The minimum atomic E-state index is 0.615. The molecule has 3 heteroatoms. The Balaban J connectivity index is 0.000000423. The van der Waals surface area contributed by atoms with Crippen molar-refractivity contribution in [1.29, 1.82) is 10.5 Å². The first-order valence-electron chi connectivity index (χ1n) is 4.46. The second-order valence-electron chi connectivity index (χ2n) is 2.69. The Labute approximate surface area is 90.1 Å². The van der Waals surface area contributed by atoms with Crippen molar-refractivity contribution in [2.24, 2.45) is 5.73 Å². The van der Waals surface area contributed by atoms with Crippen molar-refractivity contribution < 1.29 is 0 Å². The van der Waals surface area contributed by atoms with Crippen molar-refractivity contribution >= 4 is 0 Å². The van der Waals surface area contributed by atoms with Crippen LogP contribution in [0.1, 0.15) is 11.1 Å². The summed E-state index contributed by atoms with van der Waals surface area (Å²) in [5.74, 6) is 0. The standard InChI is InChI=1S/C10H13N.C2N2/c1-2-5-9-6-3-4-7-10(9)8-11;3-1-2-4/h2-4,6-7H,1,5,8,11H2;. The van der Waals surface area contributed by atoms with Gasteiger partial charge in [-0.25, -0.2) is 0 Å². The van der Waals surface area contributed by atoms with E-state index < -0.39 is 0 Å². The summed E-state index contributed by atoms with van der Waals surface area (Å²) in [6, 6.07) is 10.6. The summed E-state index contributed by atoms with van der Waals surface area (Å²) in [6.07, 6.45) is 2.81. The first kappa shape index (κ1) is 12.9. The summed E-state index contributed by atoms with van der Waals surface area (Å²) in [5.41, 5.74) is 8.04. The van der Waals surface area contributed by atoms with Gasteiger partial charge in [-0.1, -0.05) is 30.3 Å². The number of hydrogen-bond acceptors (Lipinski definition) is 3. The first-order valence-corrected chi connectivity index (χ1v) is 4.46. The van der Waals surface area contributed by atoms with Crippen LogP contribution in [0.4, 0.5) is 0 Å². The molecule has 0 aliphatic heterocycles. The SMILES string of the molecule is C=CCc1ccccc1CN.N#CC#N. The fraction of sp³-hybridized carbons (Fsp3) is 0.167. The lowest BCUT2D eigenvalue weighted by molar-refractivity contribution is 1.03. The fourth-order valence-corrected chi connectivity index (χ4v) is 1.11. The van der Waals surface area contributed by atoms with Crippen LogP contribution in [0.15, 0.2) is 36.9 Å². The second-order valence-corrected chi connectivity index (χ2v) is 2.69. The van der Waals surface area contributed by atoms with E-state index in [-0.39, 0.29) is 0 Å². The van der Waals surface area contributed by atoms with Gasteiger partial charge in [-0.2, -0.15) is 10.5 Å². The number of nitrogens with zero attached hydrogens (tertiary/aromatic N) is 2. The highest BCUT2D eigenvalue weighted by Gasteiger charge is 1.95. The third kappa shape index (κ3) is 5.25. The molecule has 0 heterocycles. The molecule has 3 nitrogen and oxygen atoms in total. The van der Waals surface area contributed by atoms with Crippen LogP contribution in [0.3, 0.4) is 0 Å². The Bertz CT molecular complexity index is 371. The highest BCUT2D eigenvalue weighted by Crippen LogP contribution is 2.08. The highest BCUT2D eigenvalue weighted by atomic mass is 14.5. The van der Waals surface area contributed by atoms with Gasteiger partial charge in [0.15, 0.2) is 12.1 Å². The van der Waals surface area contributed by atoms with E-state index in [1.54, 1.807) is 0 Å². The highest BCUT2D eigenvalue weighted by molar-refractivity contribution is 5.28. The van der Waals surface area contributed by atoms with Gasteiger partial charge in [0.05, 0.1) is 0 Å². The Morgan fingerprint density at radius 1 is 1.20 bits per heavy atom. The van der Waals surface area contributed by atoms with E-state index in [0.717, 1.165) is 6.42 Å². The predicted octanol–water partition coefficient (Wildman–Crippen LogP) is 1.91. The summed E-state index contributed by atoms with van der Waals surface area (Å²) in [4.78, 5) is 0. The van der Waals surface area contributed by atoms with Crippen LogP contribution in [0, 0.1) is 22.7 Å². The van der Waals surface area contributed by atoms with Gasteiger partial charge in [0.25, 0.3) is 0 Å². The summed E-state index contributed by atoms with van der Waals surface area (Å²) in [7, 11) is 0. The van der Waals surface area contributed by atoms with Gasteiger partial charge in [0.1, 0.15) is 0 Å². The number of hydrogen-bond donors (Lipinski definition) is 1. The number of benzene rings is 1. The first-order chi connectivity index (χ1) is 7.29. The molecule has 0 bridgehead atoms. The molecular weight excluding hydrogens is 186 g/mol. The predicted molar refractivity (Wildman–Crippen MR) is 59.5 cm³/mol. The number of rotatable bonds is 3. The van der Waals surface area contributed by atoms with Crippen LogP contribution in [-0.2, 0) is 13.0 Å². The number of nitrogens with two attached hydrogens (primary N) is 1. The molecule has 1 aromatic carbocycles. The van der Waals surface area contributed by atoms with Crippen LogP contribution in [0.25, 0.3) is 0 Å². The quantitative estimate of drug-likeness (QED) is 0.755. The molecule has 0 aliphatic rings. The van der Waals surface area contributed by atoms with E-state index in [1.807, 2.05) is 18.2 Å². The van der Waals surface area contributed by atoms with Crippen molar-refractivity contribution in [2.45, 2.75) is 13.0 Å². The lowest BCUT2D eigenvalue weighted by Crippen LogP contribution is -2.00. The van der Waals surface area contributed by atoms with Gasteiger partial charge in [0, 0.05) is 6.54 Å². The van der Waals surface area contributed by atoms with Crippen LogP contribution >= 0.6 is 0 Å². The molecule has 0 aromatic heterocycles. The molecule has 2 N–H and O–H groups in total. The molecule has 0 saturated heterocycles. The van der Waals surface area contributed by atoms with Gasteiger partial charge in [0.2, 0.25) is 0 Å². The molecule has 0 radical (unpaired) electrons. The number of nitriles is 2. The van der Waals surface area contributed by atoms with E-state index in [2.05, 4.69) is 18.7 Å². The molecule has 1 rings (SSSR count). The van der Waals surface area contributed by atoms with E-state index in [4.69, 9.17) is 16.3 Å². The average Bonchev–Trinajstić information content (AvgIpc) is 2.30. The lowest BCUT2D eigenvalue weighted by Gasteiger charge is -2.03. The zero-order valence-electron chi connectivity index (χ0n) is 8.48. The summed E-state index contributed by atoms with van der Waals surface area (Å²) >= 11 is 0. The van der Waals surface area contributed by atoms with Crippen molar-refractivity contribution in [3.05, 3.63) is 48.0 Å². The second kappa shape index (κ2) is 8.50. The summed E-state index contributed by atoms with van der Waals surface area (Å²) in [5, 5.41) is 14.5. The van der Waals surface area contributed by atoms with Gasteiger partial charge in [-0.15, -0.1) is 6.58 Å². The monoisotopic (exact) mass is 199 g/mol. The number of allylic oxidation sites excluding steroid dienone is 1. The maximum atomic E-state index is 7.26. The van der Waals surface area contributed by atoms with Crippen molar-refractivity contribution in [1.82, 2.24) is 0 Å². The maximum Gasteiger partial charge on any atom is 0.181 e. The van der Waals surface area contributed by atoms with E-state index >= 15 is 0 Å². The molecule has 0 spiro atoms. The minimum Gasteiger partial charge on any atom is -0.326 e. The maximum absolute atomic E-state index is 7.26. The summed E-state index contributed by atoms with van der Waals surface area (Å²) in [6.45, 7) is 4.31. The van der Waals surface area contributed by atoms with Gasteiger partial charge in [-0.05, 0) is 17.5 Å². The topological polar surface area (TPSA) is 73.6 Å². The zero-order valence-corrected chi connectivity index (χ0v) is 8.48. The molecule has 76 valence electrons. The smallest absolute Gasteiger partial charge is 0.181 e. The van der Waals surface area contributed by atoms with Gasteiger partial charge in [-0.3, -0.25) is 0 Å². The minimum absolute atomic E-state index is 0.615. The molecular formula is C12H13N3. The molecule has 0 amide bonds. The molecule has 15 heavy (non-hydrogen) atoms. The Morgan fingerprint density at radius 3 is 2.13 bits per heavy atom. The zero-order chi connectivity index (χ0) is 11.5. The molecule has 0 unspecified atom stereocenters. The van der Waals surface area contributed by atoms with Gasteiger partial charge >= 0.3 is 0 Å². The van der Waals surface area contributed by atoms with Gasteiger partial charge < -0.3 is 5.73 Å². The molecule has 1 aromatic rings. The van der Waals surface area contributed by atoms with E-state index in [0.29, 0.717) is 6.54 Å². The van der Waals surface area contributed by atoms with Crippen LogP contribution in [0.5, 0.6) is 0 Å². The van der Waals surface area contributed by atoms with Crippen molar-refractivity contribution in [2.75, 3.05) is 0 Å². The Hall–Kier alpha value is -2.10. The molecule has 0 aliphatic carbocycles. The molecule has 0 fully saturated rings. The third-order valence-electron chi connectivity index (χ3n) is 1.75. The Kier molecular flexibility index (Phi) is 7.31. The van der Waals surface area contributed by atoms with Crippen molar-refractivity contribution in [3.8, 4) is 12.1 Å². The van der Waals surface area contributed by atoms with Crippen LogP contribution < -0.4 is 5.73 Å². The fourth-order valence-electron chi connectivity index (χ4n) is 1.11. The van der Waals surface area contributed by atoms with E-state index in [1.165, 1.54) is 23.3 Å². The molecule has 0 saturated carbocycles. The average molecular weight is 199 g/mol. The Morgan fingerprint density at radius 2 is 1.73 bits per heavy atom. The third-order valence-corrected chi connectivity index (χ3v) is 1.75.